The minimum atomic E-state index is -0.0663. The van der Waals surface area contributed by atoms with Gasteiger partial charge in [-0.2, -0.15) is 5.10 Å². The van der Waals surface area contributed by atoms with Gasteiger partial charge in [0, 0.05) is 30.1 Å². The highest BCUT2D eigenvalue weighted by molar-refractivity contribution is 7.98. The first-order valence-corrected chi connectivity index (χ1v) is 7.49. The lowest BCUT2D eigenvalue weighted by Gasteiger charge is -2.02. The Balaban J connectivity index is 0.000000774. The van der Waals surface area contributed by atoms with Crippen LogP contribution in [0.3, 0.4) is 0 Å². The number of thioether (sulfide) groups is 1. The number of benzene rings is 1. The highest BCUT2D eigenvalue weighted by Gasteiger charge is 2.30. The number of rotatable bonds is 1. The van der Waals surface area contributed by atoms with E-state index in [2.05, 4.69) is 28.2 Å². The van der Waals surface area contributed by atoms with Crippen molar-refractivity contribution in [1.82, 2.24) is 14.8 Å². The summed E-state index contributed by atoms with van der Waals surface area (Å²) in [5, 5.41) is 4.28. The highest BCUT2D eigenvalue weighted by atomic mass is 32.2. The molecule has 0 N–H and O–H groups in total. The van der Waals surface area contributed by atoms with Crippen molar-refractivity contribution in [2.45, 2.75) is 4.90 Å². The third kappa shape index (κ3) is 2.42. The smallest absolute Gasteiger partial charge is 0.241 e. The lowest BCUT2D eigenvalue weighted by molar-refractivity contribution is 0.103. The van der Waals surface area contributed by atoms with E-state index in [1.54, 1.807) is 25.9 Å². The predicted octanol–water partition coefficient (Wildman–Crippen LogP) is 2.08. The second kappa shape index (κ2) is 6.05. The predicted molar refractivity (Wildman–Crippen MR) is 84.4 cm³/mol. The first kappa shape index (κ1) is 15.2. The second-order valence-electron chi connectivity index (χ2n) is 4.20. The first-order chi connectivity index (χ1) is 10.2. The monoisotopic (exact) mass is 300 g/mol. The lowest BCUT2D eigenvalue weighted by Crippen LogP contribution is -2.26. The molecule has 0 atom stereocenters. The first-order valence-electron chi connectivity index (χ1n) is 6.27. The summed E-state index contributed by atoms with van der Waals surface area (Å²) in [5.74, 6) is -0.0663. The number of hydrogen-bond acceptors (Lipinski definition) is 5. The third-order valence-corrected chi connectivity index (χ3v) is 3.84. The van der Waals surface area contributed by atoms with Crippen molar-refractivity contribution in [1.29, 1.82) is 0 Å². The maximum atomic E-state index is 12.3. The summed E-state index contributed by atoms with van der Waals surface area (Å²) in [6.07, 6.45) is 2.00. The number of aromatic nitrogens is 3. The fraction of sp³-hybridized carbons (Fsp3) is 0.200. The van der Waals surface area contributed by atoms with E-state index in [0.717, 1.165) is 10.5 Å². The lowest BCUT2D eigenvalue weighted by atomic mass is 10.1. The van der Waals surface area contributed by atoms with E-state index >= 15 is 0 Å². The Hall–Kier alpha value is -2.21. The molecule has 5 nitrogen and oxygen atoms in total. The fourth-order valence-electron chi connectivity index (χ4n) is 2.17. The van der Waals surface area contributed by atoms with Crippen molar-refractivity contribution in [3.63, 3.8) is 0 Å². The molecule has 2 aromatic rings. The van der Waals surface area contributed by atoms with Crippen LogP contribution in [0.25, 0.3) is 11.3 Å². The van der Waals surface area contributed by atoms with Gasteiger partial charge in [0.05, 0.1) is 0 Å². The van der Waals surface area contributed by atoms with Crippen LogP contribution in [-0.4, -0.2) is 33.9 Å². The summed E-state index contributed by atoms with van der Waals surface area (Å²) in [4.78, 5) is 21.9. The van der Waals surface area contributed by atoms with E-state index in [1.165, 1.54) is 4.68 Å². The molecule has 108 valence electrons. The number of hydrogen-bond donors (Lipinski definition) is 0. The van der Waals surface area contributed by atoms with Crippen LogP contribution < -0.4 is 5.62 Å². The number of carbonyl (C=O) groups excluding carboxylic acids is 1. The number of nitrogens with zero attached hydrogens (tertiary/aromatic N) is 4. The average Bonchev–Trinajstić information content (AvgIpc) is 2.80. The molecule has 0 aliphatic heterocycles. The van der Waals surface area contributed by atoms with Gasteiger partial charge in [-0.05, 0) is 24.5 Å². The third-order valence-electron chi connectivity index (χ3n) is 3.12. The Kier molecular flexibility index (Phi) is 4.37. The molecule has 1 heterocycles. The van der Waals surface area contributed by atoms with Crippen molar-refractivity contribution < 1.29 is 4.79 Å². The van der Waals surface area contributed by atoms with Crippen LogP contribution in [0.4, 0.5) is 0 Å². The largest absolute Gasteiger partial charge is 0.287 e. The van der Waals surface area contributed by atoms with Crippen LogP contribution in [0.2, 0.25) is 0 Å². The Bertz CT molecular complexity index is 780. The van der Waals surface area contributed by atoms with Crippen LogP contribution in [0.15, 0.2) is 41.2 Å². The maximum absolute atomic E-state index is 12.3. The molecule has 1 aromatic heterocycles. The summed E-state index contributed by atoms with van der Waals surface area (Å²) in [6, 6.07) is 5.77. The van der Waals surface area contributed by atoms with E-state index in [9.17, 15) is 4.79 Å². The molecular formula is C15H16N4OS. The standard InChI is InChI=1S/C13H12N4OS.C2H4/c1-14-13-15-10-9-6-7(19-3)4-5-8(9)12(18)11(10)16-17(13)2;1-2/h4-6H,1-3H3;1-2H2. The molecule has 1 aliphatic rings. The molecule has 0 fully saturated rings. The zero-order chi connectivity index (χ0) is 15.6. The topological polar surface area (TPSA) is 60.1 Å². The molecular weight excluding hydrogens is 284 g/mol. The fourth-order valence-corrected chi connectivity index (χ4v) is 2.61. The van der Waals surface area contributed by atoms with E-state index in [-0.39, 0.29) is 5.78 Å². The van der Waals surface area contributed by atoms with E-state index < -0.39 is 0 Å². The molecule has 0 saturated heterocycles. The van der Waals surface area contributed by atoms with Gasteiger partial charge in [0.25, 0.3) is 0 Å². The van der Waals surface area contributed by atoms with Gasteiger partial charge in [0.15, 0.2) is 5.69 Å². The van der Waals surface area contributed by atoms with Crippen LogP contribution in [0.1, 0.15) is 16.1 Å². The van der Waals surface area contributed by atoms with E-state index in [4.69, 9.17) is 0 Å². The second-order valence-corrected chi connectivity index (χ2v) is 5.08. The van der Waals surface area contributed by atoms with Gasteiger partial charge in [0.1, 0.15) is 5.69 Å². The van der Waals surface area contributed by atoms with Crippen molar-refractivity contribution in [2.75, 3.05) is 13.3 Å². The van der Waals surface area contributed by atoms with E-state index in [1.807, 2.05) is 24.5 Å². The van der Waals surface area contributed by atoms with Gasteiger partial charge in [-0.1, -0.05) is 0 Å². The highest BCUT2D eigenvalue weighted by Crippen LogP contribution is 2.35. The number of fused-ring (bicyclic) bond motifs is 3. The Labute approximate surface area is 127 Å². The molecule has 1 aromatic carbocycles. The molecule has 6 heteroatoms. The average molecular weight is 300 g/mol. The molecule has 0 spiro atoms. The molecule has 3 rings (SSSR count). The van der Waals surface area contributed by atoms with Crippen molar-refractivity contribution in [2.24, 2.45) is 12.0 Å². The minimum Gasteiger partial charge on any atom is -0.287 e. The Morgan fingerprint density at radius 1 is 1.24 bits per heavy atom. The van der Waals surface area contributed by atoms with Gasteiger partial charge < -0.3 is 0 Å². The number of aryl methyl sites for hydroxylation is 1. The SMILES string of the molecule is C=C.CN=c1nc2c(nn1C)C(=O)c1ccc(SC)cc1-2. The quantitative estimate of drug-likeness (QED) is 0.510. The zero-order valence-electron chi connectivity index (χ0n) is 12.3. The van der Waals surface area contributed by atoms with Crippen LogP contribution in [-0.2, 0) is 7.05 Å². The van der Waals surface area contributed by atoms with E-state index in [0.29, 0.717) is 22.6 Å². The molecule has 21 heavy (non-hydrogen) atoms. The number of carbonyl (C=O) groups is 1. The molecule has 0 amide bonds. The summed E-state index contributed by atoms with van der Waals surface area (Å²) < 4.78 is 1.53. The Morgan fingerprint density at radius 3 is 2.57 bits per heavy atom. The van der Waals surface area contributed by atoms with Gasteiger partial charge in [-0.3, -0.25) is 9.79 Å². The van der Waals surface area contributed by atoms with Crippen molar-refractivity contribution in [3.8, 4) is 11.3 Å². The van der Waals surface area contributed by atoms with Crippen molar-refractivity contribution >= 4 is 17.5 Å². The van der Waals surface area contributed by atoms with Crippen LogP contribution >= 0.6 is 11.8 Å². The summed E-state index contributed by atoms with van der Waals surface area (Å²) in [5.41, 5.74) is 3.07. The molecule has 0 unspecified atom stereocenters. The van der Waals surface area contributed by atoms with Gasteiger partial charge >= 0.3 is 0 Å². The van der Waals surface area contributed by atoms with Crippen LogP contribution in [0, 0.1) is 0 Å². The van der Waals surface area contributed by atoms with Gasteiger partial charge in [-0.25, -0.2) is 9.67 Å². The zero-order valence-corrected chi connectivity index (χ0v) is 13.1. The number of ketones is 1. The summed E-state index contributed by atoms with van der Waals surface area (Å²) >= 11 is 1.64. The van der Waals surface area contributed by atoms with Gasteiger partial charge in [-0.15, -0.1) is 24.9 Å². The maximum Gasteiger partial charge on any atom is 0.241 e. The summed E-state index contributed by atoms with van der Waals surface area (Å²) in [6.45, 7) is 6.00. The van der Waals surface area contributed by atoms with Crippen molar-refractivity contribution in [3.05, 3.63) is 48.2 Å². The Morgan fingerprint density at radius 2 is 1.95 bits per heavy atom. The van der Waals surface area contributed by atoms with Crippen LogP contribution in [0.5, 0.6) is 0 Å². The van der Waals surface area contributed by atoms with Gasteiger partial charge in [0.2, 0.25) is 11.4 Å². The molecule has 0 radical (unpaired) electrons. The molecule has 0 saturated carbocycles. The summed E-state index contributed by atoms with van der Waals surface area (Å²) in [7, 11) is 3.39. The molecule has 1 aliphatic carbocycles. The minimum absolute atomic E-state index is 0.0663. The normalized spacial score (nSPS) is 12.5. The molecule has 0 bridgehead atoms.